The standard InChI is InChI=1S/C30H25NO7/c1-3-35-26-6-4-5-19-13-23(30(33)38-28(19)26)22-14-27(32)37-29-21(22)11-12-25-24(29)16-31(17-36-25)15-18-7-9-20(34-2)10-8-18/h4-14H,3,15-17H2,1-2H3. The third kappa shape index (κ3) is 4.29. The van der Waals surface area contributed by atoms with Gasteiger partial charge in [-0.1, -0.05) is 24.3 Å². The summed E-state index contributed by atoms with van der Waals surface area (Å²) in [6.45, 7) is 3.85. The van der Waals surface area contributed by atoms with Crippen molar-refractivity contribution in [3.8, 4) is 28.4 Å². The van der Waals surface area contributed by atoms with E-state index in [0.717, 1.165) is 16.9 Å². The molecule has 0 fully saturated rings. The van der Waals surface area contributed by atoms with Crippen LogP contribution < -0.4 is 25.5 Å². The molecular formula is C30H25NO7. The van der Waals surface area contributed by atoms with Gasteiger partial charge in [0.15, 0.2) is 11.3 Å². The fourth-order valence-corrected chi connectivity index (χ4v) is 4.87. The Bertz CT molecular complexity index is 1770. The maximum Gasteiger partial charge on any atom is 0.344 e. The van der Waals surface area contributed by atoms with Crippen LogP contribution in [0.5, 0.6) is 17.2 Å². The van der Waals surface area contributed by atoms with Gasteiger partial charge in [-0.2, -0.15) is 0 Å². The number of fused-ring (bicyclic) bond motifs is 4. The van der Waals surface area contributed by atoms with Crippen LogP contribution >= 0.6 is 0 Å². The van der Waals surface area contributed by atoms with E-state index < -0.39 is 11.3 Å². The van der Waals surface area contributed by atoms with E-state index in [2.05, 4.69) is 4.90 Å². The molecule has 0 saturated carbocycles. The molecule has 3 aromatic carbocycles. The van der Waals surface area contributed by atoms with Gasteiger partial charge in [-0.05, 0) is 48.9 Å². The summed E-state index contributed by atoms with van der Waals surface area (Å²) in [6.07, 6.45) is 0. The zero-order chi connectivity index (χ0) is 26.2. The van der Waals surface area contributed by atoms with Gasteiger partial charge in [0.05, 0.1) is 24.8 Å². The van der Waals surface area contributed by atoms with Crippen molar-refractivity contribution in [2.45, 2.75) is 20.0 Å². The Labute approximate surface area is 217 Å². The van der Waals surface area contributed by atoms with E-state index in [0.29, 0.717) is 65.4 Å². The second-order valence-corrected chi connectivity index (χ2v) is 9.06. The van der Waals surface area contributed by atoms with Crippen LogP contribution in [0.25, 0.3) is 33.1 Å². The van der Waals surface area contributed by atoms with Gasteiger partial charge >= 0.3 is 11.3 Å². The predicted molar refractivity (Wildman–Crippen MR) is 143 cm³/mol. The van der Waals surface area contributed by atoms with Crippen molar-refractivity contribution in [3.63, 3.8) is 0 Å². The summed E-state index contributed by atoms with van der Waals surface area (Å²) >= 11 is 0. The second kappa shape index (κ2) is 9.72. The molecule has 0 atom stereocenters. The van der Waals surface area contributed by atoms with E-state index in [1.54, 1.807) is 19.2 Å². The SMILES string of the molecule is CCOc1cccc2cc(-c3cc(=O)oc4c5c(ccc34)OCN(Cc3ccc(OC)cc3)C5)c(=O)oc12. The Morgan fingerprint density at radius 2 is 1.76 bits per heavy atom. The molecule has 0 saturated heterocycles. The average Bonchev–Trinajstić information content (AvgIpc) is 2.93. The average molecular weight is 512 g/mol. The van der Waals surface area contributed by atoms with E-state index in [1.807, 2.05) is 55.5 Å². The highest BCUT2D eigenvalue weighted by Gasteiger charge is 2.24. The lowest BCUT2D eigenvalue weighted by Crippen LogP contribution is -2.31. The van der Waals surface area contributed by atoms with Crippen molar-refractivity contribution < 1.29 is 23.0 Å². The first-order valence-corrected chi connectivity index (χ1v) is 12.3. The summed E-state index contributed by atoms with van der Waals surface area (Å²) in [5.41, 5.74) is 2.22. The molecule has 0 aliphatic carbocycles. The van der Waals surface area contributed by atoms with Gasteiger partial charge in [0, 0.05) is 35.5 Å². The molecule has 0 amide bonds. The zero-order valence-electron chi connectivity index (χ0n) is 21.0. The Hall–Kier alpha value is -4.56. The third-order valence-corrected chi connectivity index (χ3v) is 6.64. The number of rotatable bonds is 6. The van der Waals surface area contributed by atoms with E-state index in [9.17, 15) is 9.59 Å². The lowest BCUT2D eigenvalue weighted by atomic mass is 9.99. The number of hydrogen-bond donors (Lipinski definition) is 0. The highest BCUT2D eigenvalue weighted by atomic mass is 16.5. The summed E-state index contributed by atoms with van der Waals surface area (Å²) in [5, 5.41) is 1.32. The molecule has 0 N–H and O–H groups in total. The molecule has 0 spiro atoms. The molecule has 38 heavy (non-hydrogen) atoms. The summed E-state index contributed by atoms with van der Waals surface area (Å²) in [6, 6.07) is 20.0. The zero-order valence-corrected chi connectivity index (χ0v) is 21.0. The fourth-order valence-electron chi connectivity index (χ4n) is 4.87. The number of benzene rings is 3. The Morgan fingerprint density at radius 1 is 0.921 bits per heavy atom. The van der Waals surface area contributed by atoms with Crippen LogP contribution in [-0.2, 0) is 13.1 Å². The molecule has 3 heterocycles. The topological polar surface area (TPSA) is 91.4 Å². The van der Waals surface area contributed by atoms with Crippen LogP contribution in [0.2, 0.25) is 0 Å². The summed E-state index contributed by atoms with van der Waals surface area (Å²) in [7, 11) is 1.64. The predicted octanol–water partition coefficient (Wildman–Crippen LogP) is 5.33. The lowest BCUT2D eigenvalue weighted by Gasteiger charge is -2.29. The van der Waals surface area contributed by atoms with Crippen molar-refractivity contribution in [2.75, 3.05) is 20.4 Å². The van der Waals surface area contributed by atoms with E-state index >= 15 is 0 Å². The fraction of sp³-hybridized carbons (Fsp3) is 0.200. The van der Waals surface area contributed by atoms with Gasteiger partial charge in [-0.25, -0.2) is 9.59 Å². The molecule has 6 rings (SSSR count). The first kappa shape index (κ1) is 23.8. The van der Waals surface area contributed by atoms with E-state index in [4.69, 9.17) is 23.0 Å². The van der Waals surface area contributed by atoms with Crippen LogP contribution in [0.4, 0.5) is 0 Å². The number of nitrogens with zero attached hydrogens (tertiary/aromatic N) is 1. The Morgan fingerprint density at radius 3 is 2.55 bits per heavy atom. The molecule has 0 unspecified atom stereocenters. The minimum absolute atomic E-state index is 0.274. The molecule has 5 aromatic rings. The van der Waals surface area contributed by atoms with Crippen molar-refractivity contribution in [3.05, 3.63) is 98.7 Å². The molecule has 0 bridgehead atoms. The van der Waals surface area contributed by atoms with Gasteiger partial charge in [0.25, 0.3) is 0 Å². The van der Waals surface area contributed by atoms with Gasteiger partial charge in [0.2, 0.25) is 0 Å². The third-order valence-electron chi connectivity index (χ3n) is 6.64. The monoisotopic (exact) mass is 511 g/mol. The first-order chi connectivity index (χ1) is 18.5. The maximum absolute atomic E-state index is 13.1. The number of ether oxygens (including phenoxy) is 3. The van der Waals surface area contributed by atoms with Crippen molar-refractivity contribution in [1.29, 1.82) is 0 Å². The molecule has 1 aliphatic rings. The minimum atomic E-state index is -0.563. The Kier molecular flexibility index (Phi) is 6.09. The van der Waals surface area contributed by atoms with Gasteiger partial charge in [-0.15, -0.1) is 0 Å². The van der Waals surface area contributed by atoms with Crippen LogP contribution in [0.3, 0.4) is 0 Å². The number of methoxy groups -OCH3 is 1. The molecule has 192 valence electrons. The van der Waals surface area contributed by atoms with Crippen LogP contribution in [-0.4, -0.2) is 25.3 Å². The minimum Gasteiger partial charge on any atom is -0.497 e. The molecular weight excluding hydrogens is 486 g/mol. The first-order valence-electron chi connectivity index (χ1n) is 12.3. The van der Waals surface area contributed by atoms with Crippen molar-refractivity contribution >= 4 is 21.9 Å². The van der Waals surface area contributed by atoms with E-state index in [-0.39, 0.29) is 5.56 Å². The number of para-hydroxylation sites is 1. The van der Waals surface area contributed by atoms with Gasteiger partial charge in [-0.3, -0.25) is 4.90 Å². The summed E-state index contributed by atoms with van der Waals surface area (Å²) < 4.78 is 28.2. The second-order valence-electron chi connectivity index (χ2n) is 9.06. The highest BCUT2D eigenvalue weighted by molar-refractivity contribution is 5.97. The van der Waals surface area contributed by atoms with Gasteiger partial charge in [0.1, 0.15) is 23.8 Å². The summed E-state index contributed by atoms with van der Waals surface area (Å²) in [4.78, 5) is 28.0. The molecule has 8 heteroatoms. The largest absolute Gasteiger partial charge is 0.497 e. The quantitative estimate of drug-likeness (QED) is 0.283. The van der Waals surface area contributed by atoms with Gasteiger partial charge < -0.3 is 23.0 Å². The van der Waals surface area contributed by atoms with Crippen LogP contribution in [0, 0.1) is 0 Å². The molecule has 8 nitrogen and oxygen atoms in total. The summed E-state index contributed by atoms with van der Waals surface area (Å²) in [5.74, 6) is 1.94. The van der Waals surface area contributed by atoms with Crippen molar-refractivity contribution in [1.82, 2.24) is 4.90 Å². The van der Waals surface area contributed by atoms with Crippen LogP contribution in [0.1, 0.15) is 18.1 Å². The van der Waals surface area contributed by atoms with E-state index in [1.165, 1.54) is 6.07 Å². The normalized spacial score (nSPS) is 13.3. The highest BCUT2D eigenvalue weighted by Crippen LogP contribution is 2.37. The molecule has 0 radical (unpaired) electrons. The smallest absolute Gasteiger partial charge is 0.344 e. The van der Waals surface area contributed by atoms with Crippen molar-refractivity contribution in [2.24, 2.45) is 0 Å². The maximum atomic E-state index is 13.1. The molecule has 2 aromatic heterocycles. The Balaban J connectivity index is 1.42. The lowest BCUT2D eigenvalue weighted by molar-refractivity contribution is 0.0889. The molecule has 1 aliphatic heterocycles. The number of hydrogen-bond acceptors (Lipinski definition) is 8. The van der Waals surface area contributed by atoms with Crippen LogP contribution in [0.15, 0.2) is 85.2 Å².